The average Bonchev–Trinajstić information content (AvgIpc) is 2.93. The number of hydrogen-bond donors (Lipinski definition) is 2. The normalized spacial score (nSPS) is 13.6. The summed E-state index contributed by atoms with van der Waals surface area (Å²) in [6.45, 7) is 16.7. The molecule has 9 heteroatoms. The second-order valence-electron chi connectivity index (χ2n) is 9.60. The molecule has 2 aromatic heterocycles. The quantitative estimate of drug-likeness (QED) is 0.403. The van der Waals surface area contributed by atoms with E-state index in [9.17, 15) is 5.11 Å². The summed E-state index contributed by atoms with van der Waals surface area (Å²) >= 11 is 3.62. The first-order valence-corrected chi connectivity index (χ1v) is 14.5. The van der Waals surface area contributed by atoms with Crippen molar-refractivity contribution < 1.29 is 9.84 Å². The Morgan fingerprint density at radius 2 is 1.97 bits per heavy atom. The highest BCUT2D eigenvalue weighted by atomic mass is 79.9. The van der Waals surface area contributed by atoms with Crippen LogP contribution < -0.4 is 5.32 Å². The number of nitrogens with one attached hydrogen (secondary N) is 1. The first-order valence-electron chi connectivity index (χ1n) is 9.98. The van der Waals surface area contributed by atoms with Gasteiger partial charge >= 0.3 is 0 Å². The second-order valence-corrected chi connectivity index (χ2v) is 16.0. The number of aliphatic hydroxyl groups is 1. The minimum atomic E-state index is -1.15. The molecule has 1 atom stereocenters. The predicted octanol–water partition coefficient (Wildman–Crippen LogP) is 4.51. The number of nitrogens with zero attached hydrogens (tertiary/aromatic N) is 4. The summed E-state index contributed by atoms with van der Waals surface area (Å²) in [6.07, 6.45) is 1.23. The smallest absolute Gasteiger partial charge is 0.223 e. The van der Waals surface area contributed by atoms with Gasteiger partial charge in [-0.25, -0.2) is 15.0 Å². The number of halogens is 1. The highest BCUT2D eigenvalue weighted by Crippen LogP contribution is 2.33. The van der Waals surface area contributed by atoms with E-state index in [0.29, 0.717) is 19.2 Å². The lowest BCUT2D eigenvalue weighted by molar-refractivity contribution is 0.0841. The van der Waals surface area contributed by atoms with E-state index in [4.69, 9.17) is 9.72 Å². The van der Waals surface area contributed by atoms with Crippen LogP contribution in [0.4, 0.5) is 5.95 Å². The Balaban J connectivity index is 2.36. The van der Waals surface area contributed by atoms with Crippen LogP contribution in [-0.2, 0) is 16.9 Å². The summed E-state index contributed by atoms with van der Waals surface area (Å²) in [7, 11) is -1.15. The van der Waals surface area contributed by atoms with Gasteiger partial charge in [0, 0.05) is 32.8 Å². The standard InChI is InChI=1S/C20H34BrN5O2Si/c1-14(27)12-23-19-22-9-8-15(24-19)16-17(21)25-18(20(2,3)4)26(16)13-28-10-11-29(5,6)7/h8-9,14,27H,10-13H2,1-7H3,(H,22,23,24). The van der Waals surface area contributed by atoms with E-state index >= 15 is 0 Å². The maximum absolute atomic E-state index is 9.51. The van der Waals surface area contributed by atoms with Crippen molar-refractivity contribution in [2.45, 2.75) is 71.6 Å². The molecule has 29 heavy (non-hydrogen) atoms. The molecule has 0 spiro atoms. The van der Waals surface area contributed by atoms with Crippen LogP contribution in [0, 0.1) is 0 Å². The van der Waals surface area contributed by atoms with Gasteiger partial charge in [-0.2, -0.15) is 0 Å². The van der Waals surface area contributed by atoms with Crippen LogP contribution in [0.5, 0.6) is 0 Å². The Labute approximate surface area is 183 Å². The molecule has 0 radical (unpaired) electrons. The van der Waals surface area contributed by atoms with Gasteiger partial charge < -0.3 is 19.7 Å². The number of hydrogen-bond acceptors (Lipinski definition) is 6. The van der Waals surface area contributed by atoms with Crippen LogP contribution in [0.1, 0.15) is 33.5 Å². The van der Waals surface area contributed by atoms with Crippen molar-refractivity contribution >= 4 is 30.0 Å². The SMILES string of the molecule is CC(O)CNc1nccc(-c2c(Br)nc(C(C)(C)C)n2COCC[Si](C)(C)C)n1. The van der Waals surface area contributed by atoms with Gasteiger partial charge in [-0.15, -0.1) is 0 Å². The van der Waals surface area contributed by atoms with Gasteiger partial charge in [-0.05, 0) is 35.0 Å². The third-order valence-corrected chi connectivity index (χ3v) is 6.52. The first kappa shape index (κ1) is 24.0. The molecule has 0 saturated heterocycles. The van der Waals surface area contributed by atoms with Gasteiger partial charge in [-0.1, -0.05) is 40.4 Å². The molecular formula is C20H34BrN5O2Si. The summed E-state index contributed by atoms with van der Waals surface area (Å²) in [4.78, 5) is 13.7. The molecule has 2 heterocycles. The predicted molar refractivity (Wildman–Crippen MR) is 124 cm³/mol. The fourth-order valence-corrected chi connectivity index (χ4v) is 4.06. The molecule has 0 aliphatic rings. The Hall–Kier alpha value is -1.29. The molecule has 0 amide bonds. The topological polar surface area (TPSA) is 85.1 Å². The number of aromatic nitrogens is 4. The van der Waals surface area contributed by atoms with Crippen molar-refractivity contribution in [1.82, 2.24) is 19.5 Å². The summed E-state index contributed by atoms with van der Waals surface area (Å²) < 4.78 is 8.89. The number of rotatable bonds is 9. The zero-order chi connectivity index (χ0) is 21.8. The zero-order valence-electron chi connectivity index (χ0n) is 18.6. The van der Waals surface area contributed by atoms with E-state index in [1.54, 1.807) is 13.1 Å². The Bertz CT molecular complexity index is 812. The molecule has 0 bridgehead atoms. The van der Waals surface area contributed by atoms with Crippen LogP contribution in [-0.4, -0.2) is 52.0 Å². The molecule has 0 fully saturated rings. The second kappa shape index (κ2) is 9.68. The largest absolute Gasteiger partial charge is 0.392 e. The van der Waals surface area contributed by atoms with Crippen molar-refractivity contribution in [3.8, 4) is 11.4 Å². The molecule has 162 valence electrons. The highest BCUT2D eigenvalue weighted by Gasteiger charge is 2.27. The monoisotopic (exact) mass is 483 g/mol. The molecule has 0 aliphatic heterocycles. The van der Waals surface area contributed by atoms with Crippen molar-refractivity contribution in [2.75, 3.05) is 18.5 Å². The highest BCUT2D eigenvalue weighted by molar-refractivity contribution is 9.10. The van der Waals surface area contributed by atoms with Crippen LogP contribution >= 0.6 is 15.9 Å². The molecule has 2 N–H and O–H groups in total. The van der Waals surface area contributed by atoms with E-state index in [1.165, 1.54) is 0 Å². The first-order chi connectivity index (χ1) is 13.4. The molecule has 7 nitrogen and oxygen atoms in total. The summed E-state index contributed by atoms with van der Waals surface area (Å²) in [5.74, 6) is 1.41. The third-order valence-electron chi connectivity index (χ3n) is 4.27. The lowest BCUT2D eigenvalue weighted by Gasteiger charge is -2.22. The van der Waals surface area contributed by atoms with Crippen molar-refractivity contribution in [3.63, 3.8) is 0 Å². The van der Waals surface area contributed by atoms with Crippen LogP contribution in [0.2, 0.25) is 25.7 Å². The van der Waals surface area contributed by atoms with E-state index in [1.807, 2.05) is 6.07 Å². The minimum absolute atomic E-state index is 0.149. The number of anilines is 1. The van der Waals surface area contributed by atoms with E-state index < -0.39 is 14.2 Å². The maximum atomic E-state index is 9.51. The van der Waals surface area contributed by atoms with Gasteiger partial charge in [0.15, 0.2) is 0 Å². The third kappa shape index (κ3) is 7.16. The summed E-state index contributed by atoms with van der Waals surface area (Å²) in [5.41, 5.74) is 1.46. The zero-order valence-corrected chi connectivity index (χ0v) is 21.2. The average molecular weight is 485 g/mol. The van der Waals surface area contributed by atoms with Crippen LogP contribution in [0.25, 0.3) is 11.4 Å². The summed E-state index contributed by atoms with van der Waals surface area (Å²) in [6, 6.07) is 2.98. The van der Waals surface area contributed by atoms with Crippen molar-refractivity contribution in [3.05, 3.63) is 22.7 Å². The van der Waals surface area contributed by atoms with Gasteiger partial charge in [0.05, 0.1) is 11.8 Å². The summed E-state index contributed by atoms with van der Waals surface area (Å²) in [5, 5.41) is 12.6. The lowest BCUT2D eigenvalue weighted by Crippen LogP contribution is -2.24. The minimum Gasteiger partial charge on any atom is -0.392 e. The number of aliphatic hydroxyl groups excluding tert-OH is 1. The lowest BCUT2D eigenvalue weighted by atomic mass is 9.96. The molecular weight excluding hydrogens is 450 g/mol. The fraction of sp³-hybridized carbons (Fsp3) is 0.650. The van der Waals surface area contributed by atoms with Crippen LogP contribution in [0.3, 0.4) is 0 Å². The van der Waals surface area contributed by atoms with E-state index in [0.717, 1.165) is 34.5 Å². The Morgan fingerprint density at radius 3 is 2.55 bits per heavy atom. The molecule has 0 aromatic carbocycles. The van der Waals surface area contributed by atoms with Crippen LogP contribution in [0.15, 0.2) is 16.9 Å². The van der Waals surface area contributed by atoms with Crippen molar-refractivity contribution in [1.29, 1.82) is 0 Å². The molecule has 0 aliphatic carbocycles. The van der Waals surface area contributed by atoms with Gasteiger partial charge in [0.1, 0.15) is 22.9 Å². The molecule has 1 unspecified atom stereocenters. The number of ether oxygens (including phenoxy) is 1. The van der Waals surface area contributed by atoms with Crippen molar-refractivity contribution in [2.24, 2.45) is 0 Å². The Kier molecular flexibility index (Phi) is 8.00. The van der Waals surface area contributed by atoms with Gasteiger partial charge in [-0.3, -0.25) is 0 Å². The number of imidazole rings is 1. The van der Waals surface area contributed by atoms with Gasteiger partial charge in [0.2, 0.25) is 5.95 Å². The van der Waals surface area contributed by atoms with E-state index in [2.05, 4.69) is 76.2 Å². The molecule has 2 rings (SSSR count). The van der Waals surface area contributed by atoms with Gasteiger partial charge in [0.25, 0.3) is 0 Å². The Morgan fingerprint density at radius 1 is 1.28 bits per heavy atom. The fourth-order valence-electron chi connectivity index (χ4n) is 2.71. The maximum Gasteiger partial charge on any atom is 0.223 e. The van der Waals surface area contributed by atoms with E-state index in [-0.39, 0.29) is 5.41 Å². The molecule has 0 saturated carbocycles. The molecule has 2 aromatic rings.